The lowest BCUT2D eigenvalue weighted by molar-refractivity contribution is 0.0926. The van der Waals surface area contributed by atoms with Crippen LogP contribution in [0.15, 0.2) is 11.3 Å². The average Bonchev–Trinajstić information content (AvgIpc) is 2.66. The number of aromatic nitrogens is 2. The van der Waals surface area contributed by atoms with Gasteiger partial charge in [0.05, 0.1) is 12.9 Å². The van der Waals surface area contributed by atoms with E-state index in [4.69, 9.17) is 0 Å². The van der Waals surface area contributed by atoms with Crippen LogP contribution >= 0.6 is 0 Å². The molecular weight excluding hydrogens is 170 g/mol. The molecule has 0 radical (unpaired) electrons. The number of H-pyrrole nitrogens is 1. The molecule has 1 unspecified atom stereocenters. The minimum absolute atomic E-state index is 0.146. The van der Waals surface area contributed by atoms with Crippen molar-refractivity contribution in [3.63, 3.8) is 0 Å². The number of anilines is 1. The van der Waals surface area contributed by atoms with Crippen LogP contribution in [0.1, 0.15) is 10.5 Å². The van der Waals surface area contributed by atoms with Gasteiger partial charge in [-0.25, -0.2) is 4.98 Å². The lowest BCUT2D eigenvalue weighted by Gasteiger charge is -2.28. The first kappa shape index (κ1) is 6.64. The molecule has 6 nitrogen and oxygen atoms in total. The summed E-state index contributed by atoms with van der Waals surface area (Å²) in [7, 11) is 0. The SMILES string of the molecule is O=C1NC2N=CCN2c2nc[nH]c21. The van der Waals surface area contributed by atoms with Gasteiger partial charge in [-0.2, -0.15) is 0 Å². The minimum atomic E-state index is -0.261. The van der Waals surface area contributed by atoms with Crippen molar-refractivity contribution in [3.05, 3.63) is 12.0 Å². The molecule has 0 spiro atoms. The quantitative estimate of drug-likeness (QED) is 0.551. The lowest BCUT2D eigenvalue weighted by atomic mass is 10.3. The van der Waals surface area contributed by atoms with Crippen LogP contribution in [0.25, 0.3) is 0 Å². The monoisotopic (exact) mass is 177 g/mol. The Kier molecular flexibility index (Phi) is 1.07. The van der Waals surface area contributed by atoms with E-state index in [1.165, 1.54) is 6.33 Å². The first-order chi connectivity index (χ1) is 6.36. The van der Waals surface area contributed by atoms with Gasteiger partial charge in [0.2, 0.25) is 0 Å². The van der Waals surface area contributed by atoms with Crippen LogP contribution in [0.5, 0.6) is 0 Å². The van der Waals surface area contributed by atoms with Crippen LogP contribution in [0.4, 0.5) is 5.82 Å². The molecule has 13 heavy (non-hydrogen) atoms. The summed E-state index contributed by atoms with van der Waals surface area (Å²) in [4.78, 5) is 24.3. The van der Waals surface area contributed by atoms with Crippen LogP contribution in [-0.2, 0) is 0 Å². The third-order valence-corrected chi connectivity index (χ3v) is 2.20. The van der Waals surface area contributed by atoms with E-state index in [9.17, 15) is 4.79 Å². The van der Waals surface area contributed by atoms with Crippen LogP contribution in [-0.4, -0.2) is 34.9 Å². The predicted molar refractivity (Wildman–Crippen MR) is 45.7 cm³/mol. The molecule has 0 bridgehead atoms. The Morgan fingerprint density at radius 2 is 2.54 bits per heavy atom. The molecule has 3 rings (SSSR count). The molecule has 1 atom stereocenters. The van der Waals surface area contributed by atoms with E-state index < -0.39 is 0 Å². The van der Waals surface area contributed by atoms with Crippen molar-refractivity contribution in [3.8, 4) is 0 Å². The van der Waals surface area contributed by atoms with Crippen LogP contribution in [0, 0.1) is 0 Å². The summed E-state index contributed by atoms with van der Waals surface area (Å²) in [6, 6.07) is 0. The Hall–Kier alpha value is -1.85. The van der Waals surface area contributed by atoms with Gasteiger partial charge in [-0.3, -0.25) is 9.79 Å². The van der Waals surface area contributed by atoms with E-state index >= 15 is 0 Å². The Bertz CT molecular complexity index is 395. The summed E-state index contributed by atoms with van der Waals surface area (Å²) < 4.78 is 0. The van der Waals surface area contributed by atoms with Gasteiger partial charge in [-0.1, -0.05) is 0 Å². The van der Waals surface area contributed by atoms with E-state index in [0.717, 1.165) is 0 Å². The maximum Gasteiger partial charge on any atom is 0.274 e. The number of hydrogen-bond donors (Lipinski definition) is 2. The molecule has 0 saturated carbocycles. The zero-order chi connectivity index (χ0) is 8.84. The highest BCUT2D eigenvalue weighted by atomic mass is 16.2. The maximum atomic E-state index is 11.4. The fraction of sp³-hybridized carbons (Fsp3) is 0.286. The first-order valence-electron chi connectivity index (χ1n) is 3.99. The topological polar surface area (TPSA) is 73.4 Å². The number of aliphatic imine (C=N–C) groups is 1. The molecule has 2 N–H and O–H groups in total. The van der Waals surface area contributed by atoms with Crippen molar-refractivity contribution in [1.82, 2.24) is 15.3 Å². The molecule has 6 heteroatoms. The van der Waals surface area contributed by atoms with Gasteiger partial charge in [0.15, 0.2) is 12.1 Å². The van der Waals surface area contributed by atoms with E-state index in [-0.39, 0.29) is 12.2 Å². The van der Waals surface area contributed by atoms with Crippen molar-refractivity contribution in [2.45, 2.75) is 6.29 Å². The molecule has 0 saturated heterocycles. The molecule has 1 amide bonds. The number of imidazole rings is 1. The largest absolute Gasteiger partial charge is 0.339 e. The third-order valence-electron chi connectivity index (χ3n) is 2.20. The second-order valence-corrected chi connectivity index (χ2v) is 2.93. The predicted octanol–water partition coefficient (Wildman–Crippen LogP) is -0.673. The van der Waals surface area contributed by atoms with Crippen LogP contribution in [0.3, 0.4) is 0 Å². The molecule has 1 aromatic heterocycles. The Morgan fingerprint density at radius 3 is 3.46 bits per heavy atom. The summed E-state index contributed by atoms with van der Waals surface area (Å²) in [6.45, 7) is 0.697. The third kappa shape index (κ3) is 0.742. The summed E-state index contributed by atoms with van der Waals surface area (Å²) in [5, 5.41) is 2.74. The molecule has 3 heterocycles. The van der Waals surface area contributed by atoms with Gasteiger partial charge in [0.25, 0.3) is 5.91 Å². The molecule has 0 aliphatic carbocycles. The van der Waals surface area contributed by atoms with Crippen molar-refractivity contribution >= 4 is 17.9 Å². The smallest absolute Gasteiger partial charge is 0.274 e. The molecule has 1 aromatic rings. The first-order valence-corrected chi connectivity index (χ1v) is 3.99. The van der Waals surface area contributed by atoms with Crippen molar-refractivity contribution in [2.75, 3.05) is 11.4 Å². The molecule has 2 aliphatic rings. The van der Waals surface area contributed by atoms with E-state index in [0.29, 0.717) is 18.1 Å². The number of carbonyl (C=O) groups excluding carboxylic acids is 1. The number of aromatic amines is 1. The molecule has 2 aliphatic heterocycles. The maximum absolute atomic E-state index is 11.4. The number of hydrogen-bond acceptors (Lipinski definition) is 4. The minimum Gasteiger partial charge on any atom is -0.339 e. The van der Waals surface area contributed by atoms with Crippen molar-refractivity contribution in [2.24, 2.45) is 4.99 Å². The number of nitrogens with one attached hydrogen (secondary N) is 2. The van der Waals surface area contributed by atoms with Gasteiger partial charge < -0.3 is 15.2 Å². The molecule has 66 valence electrons. The number of fused-ring (bicyclic) bond motifs is 3. The molecule has 0 aromatic carbocycles. The number of nitrogens with zero attached hydrogens (tertiary/aromatic N) is 3. The number of carbonyl (C=O) groups is 1. The highest BCUT2D eigenvalue weighted by Gasteiger charge is 2.34. The lowest BCUT2D eigenvalue weighted by Crippen LogP contribution is -2.49. The number of rotatable bonds is 0. The van der Waals surface area contributed by atoms with E-state index in [1.54, 1.807) is 6.21 Å². The van der Waals surface area contributed by atoms with Gasteiger partial charge >= 0.3 is 0 Å². The zero-order valence-electron chi connectivity index (χ0n) is 6.69. The second-order valence-electron chi connectivity index (χ2n) is 2.93. The van der Waals surface area contributed by atoms with Gasteiger partial charge in [-0.05, 0) is 0 Å². The highest BCUT2D eigenvalue weighted by molar-refractivity contribution is 6.00. The summed E-state index contributed by atoms with van der Waals surface area (Å²) in [6.07, 6.45) is 3.03. The van der Waals surface area contributed by atoms with E-state index in [2.05, 4.69) is 20.3 Å². The second kappa shape index (κ2) is 2.09. The Morgan fingerprint density at radius 1 is 1.62 bits per heavy atom. The van der Waals surface area contributed by atoms with Gasteiger partial charge in [-0.15, -0.1) is 0 Å². The van der Waals surface area contributed by atoms with E-state index in [1.807, 2.05) is 4.90 Å². The van der Waals surface area contributed by atoms with Crippen molar-refractivity contribution in [1.29, 1.82) is 0 Å². The average molecular weight is 177 g/mol. The fourth-order valence-corrected chi connectivity index (χ4v) is 1.59. The molecule has 0 fully saturated rings. The standard InChI is InChI=1S/C7H7N5O/c13-6-4-5(10-3-9-4)12-2-1-8-7(12)11-6/h1,3,7H,2H2,(H,9,10)(H,11,13). The fourth-order valence-electron chi connectivity index (χ4n) is 1.59. The summed E-state index contributed by atoms with van der Waals surface area (Å²) in [5.74, 6) is 0.541. The Labute approximate surface area is 73.7 Å². The Balaban J connectivity index is 2.14. The molecular formula is C7H7N5O. The summed E-state index contributed by atoms with van der Waals surface area (Å²) in [5.41, 5.74) is 0.516. The van der Waals surface area contributed by atoms with Gasteiger partial charge in [0.1, 0.15) is 5.69 Å². The number of amides is 1. The van der Waals surface area contributed by atoms with Crippen LogP contribution in [0.2, 0.25) is 0 Å². The normalized spacial score (nSPS) is 24.2. The zero-order valence-corrected chi connectivity index (χ0v) is 6.69. The highest BCUT2D eigenvalue weighted by Crippen LogP contribution is 2.23. The van der Waals surface area contributed by atoms with Gasteiger partial charge in [0, 0.05) is 6.21 Å². The van der Waals surface area contributed by atoms with Crippen molar-refractivity contribution < 1.29 is 4.79 Å². The van der Waals surface area contributed by atoms with Crippen LogP contribution < -0.4 is 10.2 Å². The summed E-state index contributed by atoms with van der Waals surface area (Å²) >= 11 is 0.